The monoisotopic (exact) mass is 299 g/mol. The summed E-state index contributed by atoms with van der Waals surface area (Å²) in [4.78, 5) is 10.9. The molecule has 0 bridgehead atoms. The van der Waals surface area contributed by atoms with Crippen LogP contribution in [0.25, 0.3) is 0 Å². The molecule has 1 aromatic heterocycles. The van der Waals surface area contributed by atoms with Gasteiger partial charge in [0, 0.05) is 18.4 Å². The topological polar surface area (TPSA) is 53.1 Å². The first-order valence-electron chi connectivity index (χ1n) is 7.75. The summed E-state index contributed by atoms with van der Waals surface area (Å²) in [6, 6.07) is 10.3. The maximum Gasteiger partial charge on any atom is 0.224 e. The molecule has 0 unspecified atom stereocenters. The van der Waals surface area contributed by atoms with Crippen LogP contribution in [-0.4, -0.2) is 42.1 Å². The van der Waals surface area contributed by atoms with E-state index in [1.165, 1.54) is 5.56 Å². The summed E-state index contributed by atoms with van der Waals surface area (Å²) in [5.41, 5.74) is 2.37. The molecule has 0 saturated carbocycles. The molecule has 0 amide bonds. The van der Waals surface area contributed by atoms with Gasteiger partial charge >= 0.3 is 0 Å². The Kier molecular flexibility index (Phi) is 6.15. The van der Waals surface area contributed by atoms with Gasteiger partial charge in [-0.05, 0) is 57.2 Å². The maximum atomic E-state index is 4.48. The van der Waals surface area contributed by atoms with Crippen molar-refractivity contribution in [2.75, 3.05) is 37.8 Å². The maximum absolute atomic E-state index is 4.48. The summed E-state index contributed by atoms with van der Waals surface area (Å²) in [5, 5.41) is 6.56. The Morgan fingerprint density at radius 3 is 2.55 bits per heavy atom. The van der Waals surface area contributed by atoms with E-state index in [0.29, 0.717) is 5.95 Å². The van der Waals surface area contributed by atoms with Gasteiger partial charge in [0.15, 0.2) is 0 Å². The van der Waals surface area contributed by atoms with Gasteiger partial charge in [0.1, 0.15) is 5.82 Å². The molecule has 0 aliphatic heterocycles. The van der Waals surface area contributed by atoms with Crippen LogP contribution in [0.15, 0.2) is 36.5 Å². The summed E-state index contributed by atoms with van der Waals surface area (Å²) < 4.78 is 0. The van der Waals surface area contributed by atoms with Crippen molar-refractivity contribution in [1.29, 1.82) is 0 Å². The van der Waals surface area contributed by atoms with E-state index in [1.807, 2.05) is 6.07 Å². The van der Waals surface area contributed by atoms with Gasteiger partial charge in [-0.1, -0.05) is 19.1 Å². The molecule has 0 atom stereocenters. The van der Waals surface area contributed by atoms with E-state index < -0.39 is 0 Å². The Morgan fingerprint density at radius 1 is 1.09 bits per heavy atom. The summed E-state index contributed by atoms with van der Waals surface area (Å²) >= 11 is 0. The first-order chi connectivity index (χ1) is 10.7. The highest BCUT2D eigenvalue weighted by Crippen LogP contribution is 2.16. The number of hydrogen-bond donors (Lipinski definition) is 2. The molecule has 0 aliphatic rings. The lowest BCUT2D eigenvalue weighted by atomic mass is 10.1. The van der Waals surface area contributed by atoms with Gasteiger partial charge in [0.2, 0.25) is 5.95 Å². The molecule has 22 heavy (non-hydrogen) atoms. The molecule has 5 heteroatoms. The van der Waals surface area contributed by atoms with Gasteiger partial charge in [-0.2, -0.15) is 4.98 Å². The minimum absolute atomic E-state index is 0.661. The van der Waals surface area contributed by atoms with Crippen LogP contribution in [0.1, 0.15) is 18.9 Å². The van der Waals surface area contributed by atoms with E-state index in [4.69, 9.17) is 0 Å². The van der Waals surface area contributed by atoms with Crippen LogP contribution in [0.5, 0.6) is 0 Å². The van der Waals surface area contributed by atoms with E-state index in [2.05, 4.69) is 70.8 Å². The van der Waals surface area contributed by atoms with Gasteiger partial charge < -0.3 is 15.5 Å². The second-order valence-corrected chi connectivity index (χ2v) is 5.52. The minimum Gasteiger partial charge on any atom is -0.354 e. The quantitative estimate of drug-likeness (QED) is 0.733. The molecule has 0 radical (unpaired) electrons. The number of hydrogen-bond acceptors (Lipinski definition) is 5. The van der Waals surface area contributed by atoms with Gasteiger partial charge in [0.05, 0.1) is 0 Å². The fraction of sp³-hybridized carbons (Fsp3) is 0.412. The van der Waals surface area contributed by atoms with Crippen molar-refractivity contribution in [1.82, 2.24) is 14.9 Å². The molecule has 2 rings (SSSR count). The Hall–Kier alpha value is -2.14. The van der Waals surface area contributed by atoms with E-state index in [9.17, 15) is 0 Å². The number of benzene rings is 1. The number of nitrogens with one attached hydrogen (secondary N) is 2. The summed E-state index contributed by atoms with van der Waals surface area (Å²) in [7, 11) is 4.15. The van der Waals surface area contributed by atoms with Crippen LogP contribution >= 0.6 is 0 Å². The lowest BCUT2D eigenvalue weighted by Crippen LogP contribution is -2.17. The second kappa shape index (κ2) is 8.34. The highest BCUT2D eigenvalue weighted by Gasteiger charge is 2.00. The van der Waals surface area contributed by atoms with Crippen LogP contribution in [0.2, 0.25) is 0 Å². The molecule has 1 heterocycles. The largest absolute Gasteiger partial charge is 0.354 e. The molecular weight excluding hydrogens is 274 g/mol. The van der Waals surface area contributed by atoms with Crippen molar-refractivity contribution >= 4 is 17.5 Å². The van der Waals surface area contributed by atoms with Crippen molar-refractivity contribution in [3.8, 4) is 0 Å². The van der Waals surface area contributed by atoms with Crippen molar-refractivity contribution in [3.63, 3.8) is 0 Å². The number of aryl methyl sites for hydroxylation is 1. The first-order valence-corrected chi connectivity index (χ1v) is 7.75. The molecule has 2 aromatic rings. The van der Waals surface area contributed by atoms with Crippen molar-refractivity contribution < 1.29 is 0 Å². The Labute approximate surface area is 132 Å². The summed E-state index contributed by atoms with van der Waals surface area (Å²) in [6.45, 7) is 4.07. The normalized spacial score (nSPS) is 10.7. The summed E-state index contributed by atoms with van der Waals surface area (Å²) in [6.07, 6.45) is 3.88. The van der Waals surface area contributed by atoms with Crippen LogP contribution in [0, 0.1) is 0 Å². The Bertz CT molecular complexity index is 566. The van der Waals surface area contributed by atoms with Crippen LogP contribution in [-0.2, 0) is 6.42 Å². The van der Waals surface area contributed by atoms with Crippen LogP contribution < -0.4 is 10.6 Å². The Balaban J connectivity index is 1.90. The van der Waals surface area contributed by atoms with Gasteiger partial charge in [0.25, 0.3) is 0 Å². The standard InChI is InChI=1S/C17H25N5/c1-4-14-6-8-15(9-7-14)20-16-10-12-19-17(21-16)18-11-5-13-22(2)3/h6-10,12H,4-5,11,13H2,1-3H3,(H2,18,19,20,21). The third kappa shape index (κ3) is 5.33. The van der Waals surface area contributed by atoms with Crippen molar-refractivity contribution in [3.05, 3.63) is 42.1 Å². The predicted octanol–water partition coefficient (Wildman–Crippen LogP) is 3.15. The smallest absolute Gasteiger partial charge is 0.224 e. The molecule has 0 saturated heterocycles. The number of aromatic nitrogens is 2. The number of nitrogens with zero attached hydrogens (tertiary/aromatic N) is 3. The molecule has 5 nitrogen and oxygen atoms in total. The van der Waals surface area contributed by atoms with E-state index >= 15 is 0 Å². The molecule has 118 valence electrons. The summed E-state index contributed by atoms with van der Waals surface area (Å²) in [5.74, 6) is 1.46. The van der Waals surface area contributed by atoms with E-state index in [-0.39, 0.29) is 0 Å². The van der Waals surface area contributed by atoms with E-state index in [1.54, 1.807) is 6.20 Å². The lowest BCUT2D eigenvalue weighted by Gasteiger charge is -2.11. The van der Waals surface area contributed by atoms with Gasteiger partial charge in [-0.3, -0.25) is 0 Å². The van der Waals surface area contributed by atoms with Gasteiger partial charge in [-0.15, -0.1) is 0 Å². The molecule has 0 aliphatic carbocycles. The first kappa shape index (κ1) is 16.2. The SMILES string of the molecule is CCc1ccc(Nc2ccnc(NCCCN(C)C)n2)cc1. The van der Waals surface area contributed by atoms with E-state index in [0.717, 1.165) is 37.4 Å². The third-order valence-corrected chi connectivity index (χ3v) is 3.36. The average molecular weight is 299 g/mol. The molecule has 2 N–H and O–H groups in total. The minimum atomic E-state index is 0.661. The Morgan fingerprint density at radius 2 is 1.86 bits per heavy atom. The highest BCUT2D eigenvalue weighted by molar-refractivity contribution is 5.57. The van der Waals surface area contributed by atoms with Crippen molar-refractivity contribution in [2.24, 2.45) is 0 Å². The highest BCUT2D eigenvalue weighted by atomic mass is 15.1. The van der Waals surface area contributed by atoms with Crippen LogP contribution in [0.3, 0.4) is 0 Å². The molecular formula is C17H25N5. The van der Waals surface area contributed by atoms with Crippen LogP contribution in [0.4, 0.5) is 17.5 Å². The zero-order valence-corrected chi connectivity index (χ0v) is 13.6. The average Bonchev–Trinajstić information content (AvgIpc) is 2.52. The van der Waals surface area contributed by atoms with Crippen molar-refractivity contribution in [2.45, 2.75) is 19.8 Å². The molecule has 0 spiro atoms. The zero-order valence-electron chi connectivity index (χ0n) is 13.6. The fourth-order valence-electron chi connectivity index (χ4n) is 2.08. The van der Waals surface area contributed by atoms with Gasteiger partial charge in [-0.25, -0.2) is 4.98 Å². The number of anilines is 3. The third-order valence-electron chi connectivity index (χ3n) is 3.36. The lowest BCUT2D eigenvalue weighted by molar-refractivity contribution is 0.405. The molecule has 0 fully saturated rings. The number of rotatable bonds is 8. The predicted molar refractivity (Wildman–Crippen MR) is 92.8 cm³/mol. The molecule has 1 aromatic carbocycles. The second-order valence-electron chi connectivity index (χ2n) is 5.52. The zero-order chi connectivity index (χ0) is 15.8. The fourth-order valence-corrected chi connectivity index (χ4v) is 2.08.